The quantitative estimate of drug-likeness (QED) is 0.499. The topological polar surface area (TPSA) is 26.3 Å². The van der Waals surface area contributed by atoms with Crippen molar-refractivity contribution in [2.45, 2.75) is 0 Å². The molecule has 0 bridgehead atoms. The molecule has 3 aromatic carbocycles. The number of rotatable bonds is 2. The molecule has 2 nitrogen and oxygen atoms in total. The van der Waals surface area contributed by atoms with Crippen molar-refractivity contribution in [1.29, 1.82) is 0 Å². The van der Waals surface area contributed by atoms with Crippen molar-refractivity contribution >= 4 is 27.8 Å². The molecule has 0 aromatic heterocycles. The molecule has 0 atom stereocenters. The fraction of sp³-hybridized carbons (Fsp3) is 0.0625. The molecule has 0 saturated carbocycles. The van der Waals surface area contributed by atoms with E-state index in [1.54, 1.807) is 7.11 Å². The Labute approximate surface area is 105 Å². The number of ether oxygens (including phenoxy) is 1. The molecule has 0 heterocycles. The molecule has 0 aliphatic carbocycles. The molecule has 3 aromatic rings. The van der Waals surface area contributed by atoms with E-state index in [1.807, 2.05) is 36.4 Å². The minimum absolute atomic E-state index is 0.612. The second-order valence-corrected chi connectivity index (χ2v) is 4.22. The summed E-state index contributed by atoms with van der Waals surface area (Å²) in [4.78, 5) is 11.3. The van der Waals surface area contributed by atoms with Crippen LogP contribution >= 0.6 is 0 Å². The molecule has 2 heteroatoms. The molecule has 0 unspecified atom stereocenters. The van der Waals surface area contributed by atoms with Gasteiger partial charge in [0.25, 0.3) is 0 Å². The van der Waals surface area contributed by atoms with E-state index in [2.05, 4.69) is 12.1 Å². The zero-order valence-electron chi connectivity index (χ0n) is 10.0. The Morgan fingerprint density at radius 2 is 1.67 bits per heavy atom. The van der Waals surface area contributed by atoms with Crippen LogP contribution in [0.1, 0.15) is 10.4 Å². The van der Waals surface area contributed by atoms with Crippen LogP contribution < -0.4 is 4.74 Å². The van der Waals surface area contributed by atoms with Gasteiger partial charge >= 0.3 is 0 Å². The number of benzene rings is 3. The highest BCUT2D eigenvalue weighted by atomic mass is 16.5. The first kappa shape index (κ1) is 10.8. The van der Waals surface area contributed by atoms with Crippen LogP contribution in [0.2, 0.25) is 0 Å². The number of fused-ring (bicyclic) bond motifs is 2. The van der Waals surface area contributed by atoms with E-state index in [0.29, 0.717) is 11.3 Å². The highest BCUT2D eigenvalue weighted by Crippen LogP contribution is 2.30. The number of hydrogen-bond donors (Lipinski definition) is 0. The van der Waals surface area contributed by atoms with Gasteiger partial charge in [0.15, 0.2) is 6.29 Å². The molecule has 88 valence electrons. The van der Waals surface area contributed by atoms with Crippen LogP contribution in [0.5, 0.6) is 5.75 Å². The van der Waals surface area contributed by atoms with Gasteiger partial charge < -0.3 is 4.74 Å². The highest BCUT2D eigenvalue weighted by molar-refractivity contribution is 6.06. The molecule has 0 spiro atoms. The molecule has 0 saturated heterocycles. The Kier molecular flexibility index (Phi) is 2.49. The summed E-state index contributed by atoms with van der Waals surface area (Å²) < 4.78 is 5.23. The van der Waals surface area contributed by atoms with E-state index < -0.39 is 0 Å². The number of methoxy groups -OCH3 is 1. The Hall–Kier alpha value is -2.35. The third-order valence-electron chi connectivity index (χ3n) is 3.23. The van der Waals surface area contributed by atoms with Crippen LogP contribution in [0.3, 0.4) is 0 Å². The normalized spacial score (nSPS) is 10.7. The first-order valence-corrected chi connectivity index (χ1v) is 5.78. The highest BCUT2D eigenvalue weighted by Gasteiger charge is 2.08. The average Bonchev–Trinajstić information content (AvgIpc) is 2.43. The Bertz CT molecular complexity index is 745. The molecule has 0 amide bonds. The van der Waals surface area contributed by atoms with Crippen molar-refractivity contribution in [1.82, 2.24) is 0 Å². The van der Waals surface area contributed by atoms with Gasteiger partial charge in [-0.25, -0.2) is 0 Å². The van der Waals surface area contributed by atoms with Crippen molar-refractivity contribution in [3.8, 4) is 5.75 Å². The predicted molar refractivity (Wildman–Crippen MR) is 73.4 cm³/mol. The summed E-state index contributed by atoms with van der Waals surface area (Å²) >= 11 is 0. The third kappa shape index (κ3) is 1.54. The Morgan fingerprint density at radius 3 is 2.33 bits per heavy atom. The maximum absolute atomic E-state index is 11.3. The monoisotopic (exact) mass is 236 g/mol. The van der Waals surface area contributed by atoms with Crippen LogP contribution in [0.25, 0.3) is 21.5 Å². The zero-order valence-corrected chi connectivity index (χ0v) is 10.0. The lowest BCUT2D eigenvalue weighted by Gasteiger charge is -2.08. The summed E-state index contributed by atoms with van der Waals surface area (Å²) in [5, 5.41) is 4.29. The zero-order chi connectivity index (χ0) is 12.5. The number of carbonyl (C=O) groups excluding carboxylic acids is 1. The van der Waals surface area contributed by atoms with Gasteiger partial charge in [0, 0.05) is 0 Å². The van der Waals surface area contributed by atoms with Crippen LogP contribution in [0, 0.1) is 0 Å². The largest absolute Gasteiger partial charge is 0.496 e. The fourth-order valence-corrected chi connectivity index (χ4v) is 2.32. The smallest absolute Gasteiger partial charge is 0.154 e. The molecule has 0 radical (unpaired) electrons. The van der Waals surface area contributed by atoms with Crippen molar-refractivity contribution in [3.63, 3.8) is 0 Å². The minimum atomic E-state index is 0.612. The van der Waals surface area contributed by atoms with E-state index >= 15 is 0 Å². The summed E-state index contributed by atoms with van der Waals surface area (Å²) in [6, 6.07) is 16.1. The van der Waals surface area contributed by atoms with Crippen LogP contribution in [0.4, 0.5) is 0 Å². The molecule has 18 heavy (non-hydrogen) atoms. The second kappa shape index (κ2) is 4.15. The van der Waals surface area contributed by atoms with Gasteiger partial charge in [0.2, 0.25) is 0 Å². The summed E-state index contributed by atoms with van der Waals surface area (Å²) in [7, 11) is 1.58. The fourth-order valence-electron chi connectivity index (χ4n) is 2.32. The van der Waals surface area contributed by atoms with Gasteiger partial charge in [0.1, 0.15) is 5.75 Å². The Morgan fingerprint density at radius 1 is 0.944 bits per heavy atom. The van der Waals surface area contributed by atoms with Crippen molar-refractivity contribution in [2.24, 2.45) is 0 Å². The molecule has 0 fully saturated rings. The molecular weight excluding hydrogens is 224 g/mol. The standard InChI is InChI=1S/C16H12O2/c1-18-16-7-6-13-8-11-4-2-3-5-12(11)9-14(13)15(16)10-17/h2-10H,1H3. The third-order valence-corrected chi connectivity index (χ3v) is 3.23. The van der Waals surface area contributed by atoms with Gasteiger partial charge in [-0.05, 0) is 39.7 Å². The summed E-state index contributed by atoms with van der Waals surface area (Å²) in [6.45, 7) is 0. The van der Waals surface area contributed by atoms with Gasteiger partial charge in [-0.2, -0.15) is 0 Å². The SMILES string of the molecule is COc1ccc2cc3ccccc3cc2c1C=O. The number of aldehydes is 1. The van der Waals surface area contributed by atoms with Crippen LogP contribution in [-0.2, 0) is 0 Å². The maximum atomic E-state index is 11.3. The summed E-state index contributed by atoms with van der Waals surface area (Å²) in [6.07, 6.45) is 0.857. The van der Waals surface area contributed by atoms with Gasteiger partial charge in [0.05, 0.1) is 12.7 Å². The van der Waals surface area contributed by atoms with E-state index in [9.17, 15) is 4.79 Å². The average molecular weight is 236 g/mol. The molecule has 0 aliphatic heterocycles. The molecular formula is C16H12O2. The molecule has 3 rings (SSSR count). The van der Waals surface area contributed by atoms with Crippen molar-refractivity contribution < 1.29 is 9.53 Å². The van der Waals surface area contributed by atoms with Crippen LogP contribution in [0.15, 0.2) is 48.5 Å². The van der Waals surface area contributed by atoms with E-state index in [-0.39, 0.29) is 0 Å². The van der Waals surface area contributed by atoms with Gasteiger partial charge in [-0.1, -0.05) is 30.3 Å². The summed E-state index contributed by atoms with van der Waals surface area (Å²) in [5.74, 6) is 0.618. The molecule has 0 N–H and O–H groups in total. The lowest BCUT2D eigenvalue weighted by molar-refractivity contribution is 0.112. The first-order valence-electron chi connectivity index (χ1n) is 5.78. The molecule has 0 aliphatic rings. The van der Waals surface area contributed by atoms with E-state index in [0.717, 1.165) is 22.4 Å². The van der Waals surface area contributed by atoms with E-state index in [1.165, 1.54) is 5.39 Å². The Balaban J connectivity index is 2.46. The first-order chi connectivity index (χ1) is 8.83. The predicted octanol–water partition coefficient (Wildman–Crippen LogP) is 3.81. The lowest BCUT2D eigenvalue weighted by atomic mass is 9.99. The minimum Gasteiger partial charge on any atom is -0.496 e. The van der Waals surface area contributed by atoms with Gasteiger partial charge in [-0.3, -0.25) is 4.79 Å². The van der Waals surface area contributed by atoms with Gasteiger partial charge in [-0.15, -0.1) is 0 Å². The summed E-state index contributed by atoms with van der Waals surface area (Å²) in [5.41, 5.74) is 0.612. The number of hydrogen-bond acceptors (Lipinski definition) is 2. The van der Waals surface area contributed by atoms with Crippen LogP contribution in [-0.4, -0.2) is 13.4 Å². The van der Waals surface area contributed by atoms with Crippen molar-refractivity contribution in [3.05, 3.63) is 54.1 Å². The maximum Gasteiger partial charge on any atom is 0.154 e. The van der Waals surface area contributed by atoms with E-state index in [4.69, 9.17) is 4.74 Å². The second-order valence-electron chi connectivity index (χ2n) is 4.22. The van der Waals surface area contributed by atoms with Crippen molar-refractivity contribution in [2.75, 3.05) is 7.11 Å². The number of carbonyl (C=O) groups is 1. The lowest BCUT2D eigenvalue weighted by Crippen LogP contribution is -1.92.